The Morgan fingerprint density at radius 2 is 1.62 bits per heavy atom. The van der Waals surface area contributed by atoms with Crippen LogP contribution >= 0.6 is 0 Å². The van der Waals surface area contributed by atoms with Gasteiger partial charge in [0, 0.05) is 5.54 Å². The van der Waals surface area contributed by atoms with Gasteiger partial charge in [-0.15, -0.1) is 0 Å². The summed E-state index contributed by atoms with van der Waals surface area (Å²) in [5, 5.41) is 0. The van der Waals surface area contributed by atoms with Crippen LogP contribution in [-0.2, 0) is 5.54 Å². The van der Waals surface area contributed by atoms with Gasteiger partial charge in [0.15, 0.2) is 0 Å². The minimum Gasteiger partial charge on any atom is -0.300 e. The van der Waals surface area contributed by atoms with Gasteiger partial charge in [-0.1, -0.05) is 43.2 Å². The lowest BCUT2D eigenvalue weighted by Crippen LogP contribution is -2.44. The summed E-state index contributed by atoms with van der Waals surface area (Å²) in [6, 6.07) is 11.0. The van der Waals surface area contributed by atoms with Gasteiger partial charge < -0.3 is 0 Å². The van der Waals surface area contributed by atoms with Crippen molar-refractivity contribution in [1.29, 1.82) is 0 Å². The van der Waals surface area contributed by atoms with E-state index in [1.807, 2.05) is 0 Å². The quantitative estimate of drug-likeness (QED) is 0.747. The van der Waals surface area contributed by atoms with Crippen molar-refractivity contribution in [2.24, 2.45) is 5.92 Å². The first-order valence-corrected chi connectivity index (χ1v) is 6.38. The Morgan fingerprint density at radius 1 is 1.06 bits per heavy atom. The highest BCUT2D eigenvalue weighted by molar-refractivity contribution is 5.25. The minimum absolute atomic E-state index is 0.206. The molecular weight excluding hydrogens is 194 g/mol. The van der Waals surface area contributed by atoms with Gasteiger partial charge in [-0.3, -0.25) is 4.90 Å². The molecule has 1 aliphatic rings. The van der Waals surface area contributed by atoms with E-state index in [-0.39, 0.29) is 5.54 Å². The normalized spacial score (nSPS) is 21.2. The van der Waals surface area contributed by atoms with Gasteiger partial charge in [0.05, 0.1) is 0 Å². The van der Waals surface area contributed by atoms with Gasteiger partial charge in [0.2, 0.25) is 0 Å². The molecule has 0 spiro atoms. The van der Waals surface area contributed by atoms with Crippen molar-refractivity contribution in [2.75, 3.05) is 14.1 Å². The standard InChI is InChI=1S/C15H23N/c1-15(16(2)3,14-11-7-8-12-14)13-9-5-4-6-10-13/h4-6,9-10,14H,7-8,11-12H2,1-3H3. The van der Waals surface area contributed by atoms with E-state index in [1.54, 1.807) is 0 Å². The Balaban J connectivity index is 2.35. The molecule has 0 radical (unpaired) electrons. The SMILES string of the molecule is CN(C)C(C)(c1ccccc1)C1CCCC1. The Kier molecular flexibility index (Phi) is 3.34. The van der Waals surface area contributed by atoms with Crippen molar-refractivity contribution in [1.82, 2.24) is 4.90 Å². The van der Waals surface area contributed by atoms with E-state index in [2.05, 4.69) is 56.3 Å². The molecule has 0 N–H and O–H groups in total. The Morgan fingerprint density at radius 3 is 2.12 bits per heavy atom. The molecule has 1 fully saturated rings. The minimum atomic E-state index is 0.206. The summed E-state index contributed by atoms with van der Waals surface area (Å²) in [7, 11) is 4.43. The van der Waals surface area contributed by atoms with Gasteiger partial charge >= 0.3 is 0 Å². The molecule has 1 heteroatoms. The van der Waals surface area contributed by atoms with Crippen LogP contribution in [0.2, 0.25) is 0 Å². The first-order valence-electron chi connectivity index (χ1n) is 6.38. The van der Waals surface area contributed by atoms with Crippen LogP contribution in [0.3, 0.4) is 0 Å². The van der Waals surface area contributed by atoms with Gasteiger partial charge in [-0.05, 0) is 45.3 Å². The molecular formula is C15H23N. The van der Waals surface area contributed by atoms with Crippen molar-refractivity contribution >= 4 is 0 Å². The first-order chi connectivity index (χ1) is 7.65. The molecule has 0 aromatic heterocycles. The van der Waals surface area contributed by atoms with Gasteiger partial charge in [0.25, 0.3) is 0 Å². The number of benzene rings is 1. The molecule has 16 heavy (non-hydrogen) atoms. The number of rotatable bonds is 3. The molecule has 0 amide bonds. The van der Waals surface area contributed by atoms with Crippen LogP contribution < -0.4 is 0 Å². The second-order valence-electron chi connectivity index (χ2n) is 5.39. The molecule has 0 saturated heterocycles. The Bertz CT molecular complexity index is 325. The van der Waals surface area contributed by atoms with E-state index in [0.717, 1.165) is 5.92 Å². The average molecular weight is 217 g/mol. The van der Waals surface area contributed by atoms with E-state index in [9.17, 15) is 0 Å². The van der Waals surface area contributed by atoms with Crippen molar-refractivity contribution in [3.63, 3.8) is 0 Å². The molecule has 0 bridgehead atoms. The summed E-state index contributed by atoms with van der Waals surface area (Å²) in [6.45, 7) is 2.40. The predicted molar refractivity (Wildman–Crippen MR) is 69.4 cm³/mol. The first kappa shape index (κ1) is 11.7. The van der Waals surface area contributed by atoms with E-state index in [1.165, 1.54) is 31.2 Å². The zero-order valence-corrected chi connectivity index (χ0v) is 10.7. The van der Waals surface area contributed by atoms with E-state index < -0.39 is 0 Å². The van der Waals surface area contributed by atoms with Crippen LogP contribution in [-0.4, -0.2) is 19.0 Å². The summed E-state index contributed by atoms with van der Waals surface area (Å²) >= 11 is 0. The second kappa shape index (κ2) is 4.58. The van der Waals surface area contributed by atoms with Crippen LogP contribution in [0.4, 0.5) is 0 Å². The summed E-state index contributed by atoms with van der Waals surface area (Å²) in [5.41, 5.74) is 1.67. The highest BCUT2D eigenvalue weighted by atomic mass is 15.1. The molecule has 1 aromatic carbocycles. The summed E-state index contributed by atoms with van der Waals surface area (Å²) in [6.07, 6.45) is 5.56. The predicted octanol–water partition coefficient (Wildman–Crippen LogP) is 3.65. The lowest BCUT2D eigenvalue weighted by molar-refractivity contribution is 0.0970. The average Bonchev–Trinajstić information content (AvgIpc) is 2.82. The summed E-state index contributed by atoms with van der Waals surface area (Å²) in [5.74, 6) is 0.810. The molecule has 1 nitrogen and oxygen atoms in total. The summed E-state index contributed by atoms with van der Waals surface area (Å²) in [4.78, 5) is 2.40. The molecule has 1 aromatic rings. The highest BCUT2D eigenvalue weighted by Crippen LogP contribution is 2.43. The fraction of sp³-hybridized carbons (Fsp3) is 0.600. The van der Waals surface area contributed by atoms with Crippen LogP contribution in [0.1, 0.15) is 38.2 Å². The molecule has 1 unspecified atom stereocenters. The number of nitrogens with zero attached hydrogens (tertiary/aromatic N) is 1. The van der Waals surface area contributed by atoms with Crippen molar-refractivity contribution in [3.8, 4) is 0 Å². The maximum absolute atomic E-state index is 2.40. The van der Waals surface area contributed by atoms with E-state index >= 15 is 0 Å². The molecule has 0 aliphatic heterocycles. The van der Waals surface area contributed by atoms with Gasteiger partial charge in [-0.25, -0.2) is 0 Å². The molecule has 0 heterocycles. The van der Waals surface area contributed by atoms with Crippen LogP contribution in [0.25, 0.3) is 0 Å². The molecule has 1 saturated carbocycles. The monoisotopic (exact) mass is 217 g/mol. The summed E-state index contributed by atoms with van der Waals surface area (Å²) < 4.78 is 0. The zero-order valence-electron chi connectivity index (χ0n) is 10.7. The zero-order chi connectivity index (χ0) is 11.6. The van der Waals surface area contributed by atoms with Gasteiger partial charge in [0.1, 0.15) is 0 Å². The van der Waals surface area contributed by atoms with Gasteiger partial charge in [-0.2, -0.15) is 0 Å². The highest BCUT2D eigenvalue weighted by Gasteiger charge is 2.38. The third-order valence-corrected chi connectivity index (χ3v) is 4.44. The molecule has 1 aliphatic carbocycles. The van der Waals surface area contributed by atoms with E-state index in [4.69, 9.17) is 0 Å². The van der Waals surface area contributed by atoms with Crippen molar-refractivity contribution in [3.05, 3.63) is 35.9 Å². The van der Waals surface area contributed by atoms with E-state index in [0.29, 0.717) is 0 Å². The third-order valence-electron chi connectivity index (χ3n) is 4.44. The van der Waals surface area contributed by atoms with Crippen LogP contribution in [0.5, 0.6) is 0 Å². The van der Waals surface area contributed by atoms with Crippen LogP contribution in [0, 0.1) is 5.92 Å². The van der Waals surface area contributed by atoms with Crippen molar-refractivity contribution in [2.45, 2.75) is 38.1 Å². The molecule has 88 valence electrons. The largest absolute Gasteiger partial charge is 0.300 e. The fourth-order valence-electron chi connectivity index (χ4n) is 3.12. The molecule has 1 atom stereocenters. The lowest BCUT2D eigenvalue weighted by Gasteiger charge is -2.42. The topological polar surface area (TPSA) is 3.24 Å². The molecule has 2 rings (SSSR count). The maximum atomic E-state index is 2.40. The van der Waals surface area contributed by atoms with Crippen LogP contribution in [0.15, 0.2) is 30.3 Å². The Labute approximate surface area is 99.5 Å². The fourth-order valence-corrected chi connectivity index (χ4v) is 3.12. The van der Waals surface area contributed by atoms with Crippen molar-refractivity contribution < 1.29 is 0 Å². The third kappa shape index (κ3) is 1.89. The lowest BCUT2D eigenvalue weighted by atomic mass is 9.77. The number of hydrogen-bond acceptors (Lipinski definition) is 1. The number of hydrogen-bond donors (Lipinski definition) is 0. The maximum Gasteiger partial charge on any atom is 0.0454 e. The smallest absolute Gasteiger partial charge is 0.0454 e. The second-order valence-corrected chi connectivity index (χ2v) is 5.39. The Hall–Kier alpha value is -0.820.